The number of rotatable bonds is 5. The Labute approximate surface area is 121 Å². The van der Waals surface area contributed by atoms with Gasteiger partial charge in [0.1, 0.15) is 0 Å². The summed E-state index contributed by atoms with van der Waals surface area (Å²) in [6.45, 7) is 8.70. The number of carboxylic acids is 1. The van der Waals surface area contributed by atoms with Gasteiger partial charge in [-0.3, -0.25) is 9.69 Å². The first kappa shape index (κ1) is 15.7. The molecule has 1 N–H and O–H groups in total. The number of likely N-dealkylation sites (tertiary alicyclic amines) is 1. The Morgan fingerprint density at radius 3 is 2.60 bits per heavy atom. The molecule has 0 aromatic heterocycles. The van der Waals surface area contributed by atoms with Crippen molar-refractivity contribution in [3.05, 3.63) is 0 Å². The minimum absolute atomic E-state index is 0.155. The zero-order valence-electron chi connectivity index (χ0n) is 12.6. The first-order valence-electron chi connectivity index (χ1n) is 7.93. The van der Waals surface area contributed by atoms with Gasteiger partial charge >= 0.3 is 5.97 Å². The van der Waals surface area contributed by atoms with Crippen molar-refractivity contribution in [1.82, 2.24) is 9.80 Å². The maximum Gasteiger partial charge on any atom is 0.305 e. The van der Waals surface area contributed by atoms with Gasteiger partial charge in [-0.25, -0.2) is 0 Å². The molecule has 0 spiro atoms. The van der Waals surface area contributed by atoms with Gasteiger partial charge in [0.25, 0.3) is 0 Å². The Bertz CT molecular complexity index is 318. The molecule has 1 unspecified atom stereocenters. The van der Waals surface area contributed by atoms with Crippen molar-refractivity contribution in [2.45, 2.75) is 44.6 Å². The first-order valence-corrected chi connectivity index (χ1v) is 7.93. The molecular formula is C15H28N2O3. The quantitative estimate of drug-likeness (QED) is 0.827. The normalized spacial score (nSPS) is 30.1. The fourth-order valence-electron chi connectivity index (χ4n) is 3.70. The lowest BCUT2D eigenvalue weighted by molar-refractivity contribution is -0.142. The van der Waals surface area contributed by atoms with E-state index >= 15 is 0 Å². The lowest BCUT2D eigenvalue weighted by atomic mass is 9.84. The molecule has 116 valence electrons. The van der Waals surface area contributed by atoms with Crippen LogP contribution in [-0.2, 0) is 9.53 Å². The Balaban J connectivity index is 2.07. The summed E-state index contributed by atoms with van der Waals surface area (Å²) in [5.41, 5.74) is -0.155. The molecule has 0 aliphatic carbocycles. The largest absolute Gasteiger partial charge is 0.481 e. The summed E-state index contributed by atoms with van der Waals surface area (Å²) in [6.07, 6.45) is 4.51. The van der Waals surface area contributed by atoms with Crippen LogP contribution >= 0.6 is 0 Å². The van der Waals surface area contributed by atoms with Gasteiger partial charge in [-0.15, -0.1) is 0 Å². The van der Waals surface area contributed by atoms with Crippen molar-refractivity contribution in [2.24, 2.45) is 0 Å². The number of morpholine rings is 1. The maximum absolute atomic E-state index is 11.4. The number of aliphatic carboxylic acids is 1. The summed E-state index contributed by atoms with van der Waals surface area (Å²) in [4.78, 5) is 16.2. The second kappa shape index (κ2) is 7.38. The van der Waals surface area contributed by atoms with Crippen LogP contribution < -0.4 is 0 Å². The molecular weight excluding hydrogens is 256 g/mol. The summed E-state index contributed by atoms with van der Waals surface area (Å²) < 4.78 is 5.43. The van der Waals surface area contributed by atoms with Crippen LogP contribution in [0.2, 0.25) is 0 Å². The zero-order chi connectivity index (χ0) is 14.4. The zero-order valence-corrected chi connectivity index (χ0v) is 12.6. The van der Waals surface area contributed by atoms with E-state index in [2.05, 4.69) is 16.7 Å². The van der Waals surface area contributed by atoms with Crippen LogP contribution in [0.3, 0.4) is 0 Å². The Morgan fingerprint density at radius 2 is 1.95 bits per heavy atom. The number of ether oxygens (including phenoxy) is 1. The SMILES string of the molecule is CCCN1CCCC(CC(=O)O)(N2CCOCC2)CC1. The molecule has 0 saturated carbocycles. The topological polar surface area (TPSA) is 53.0 Å². The van der Waals surface area contributed by atoms with Crippen molar-refractivity contribution in [3.63, 3.8) is 0 Å². The summed E-state index contributed by atoms with van der Waals surface area (Å²) in [5, 5.41) is 9.35. The molecule has 5 nitrogen and oxygen atoms in total. The molecule has 20 heavy (non-hydrogen) atoms. The molecule has 0 amide bonds. The van der Waals surface area contributed by atoms with Crippen LogP contribution in [-0.4, -0.2) is 72.4 Å². The minimum Gasteiger partial charge on any atom is -0.481 e. The molecule has 2 fully saturated rings. The van der Waals surface area contributed by atoms with Crippen molar-refractivity contribution < 1.29 is 14.6 Å². The number of carboxylic acid groups (broad SMARTS) is 1. The highest BCUT2D eigenvalue weighted by molar-refractivity contribution is 5.68. The van der Waals surface area contributed by atoms with Crippen LogP contribution in [0.25, 0.3) is 0 Å². The monoisotopic (exact) mass is 284 g/mol. The molecule has 2 aliphatic rings. The van der Waals surface area contributed by atoms with Crippen LogP contribution in [0.5, 0.6) is 0 Å². The predicted molar refractivity (Wildman–Crippen MR) is 78.0 cm³/mol. The Kier molecular flexibility index (Phi) is 5.81. The molecule has 2 rings (SSSR count). The summed E-state index contributed by atoms with van der Waals surface area (Å²) in [6, 6.07) is 0. The smallest absolute Gasteiger partial charge is 0.305 e. The van der Waals surface area contributed by atoms with E-state index in [0.29, 0.717) is 0 Å². The summed E-state index contributed by atoms with van der Waals surface area (Å²) in [7, 11) is 0. The van der Waals surface area contributed by atoms with Gasteiger partial charge in [-0.05, 0) is 45.3 Å². The van der Waals surface area contributed by atoms with Gasteiger partial charge in [0.05, 0.1) is 19.6 Å². The van der Waals surface area contributed by atoms with Crippen molar-refractivity contribution >= 4 is 5.97 Å². The average molecular weight is 284 g/mol. The van der Waals surface area contributed by atoms with E-state index < -0.39 is 5.97 Å². The number of carbonyl (C=O) groups is 1. The third-order valence-electron chi connectivity index (χ3n) is 4.71. The van der Waals surface area contributed by atoms with Crippen LogP contribution in [0.4, 0.5) is 0 Å². The highest BCUT2D eigenvalue weighted by Crippen LogP contribution is 2.33. The molecule has 0 bridgehead atoms. The fourth-order valence-corrected chi connectivity index (χ4v) is 3.70. The Hall–Kier alpha value is -0.650. The summed E-state index contributed by atoms with van der Waals surface area (Å²) >= 11 is 0. The molecule has 2 aliphatic heterocycles. The van der Waals surface area contributed by atoms with E-state index in [4.69, 9.17) is 4.74 Å². The second-order valence-electron chi connectivity index (χ2n) is 6.09. The minimum atomic E-state index is -0.666. The van der Waals surface area contributed by atoms with E-state index in [1.54, 1.807) is 0 Å². The standard InChI is InChI=1S/C15H28N2O3/c1-2-6-16-7-3-4-15(5-8-16,13-14(18)19)17-9-11-20-12-10-17/h2-13H2,1H3,(H,18,19). The van der Waals surface area contributed by atoms with Crippen LogP contribution in [0.1, 0.15) is 39.0 Å². The van der Waals surface area contributed by atoms with E-state index in [9.17, 15) is 9.90 Å². The Morgan fingerprint density at radius 1 is 1.20 bits per heavy atom. The van der Waals surface area contributed by atoms with Gasteiger partial charge in [0.2, 0.25) is 0 Å². The highest BCUT2D eigenvalue weighted by Gasteiger charge is 2.40. The number of hydrogen-bond donors (Lipinski definition) is 1. The van der Waals surface area contributed by atoms with E-state index in [1.807, 2.05) is 0 Å². The third-order valence-corrected chi connectivity index (χ3v) is 4.71. The van der Waals surface area contributed by atoms with Gasteiger partial charge in [0.15, 0.2) is 0 Å². The van der Waals surface area contributed by atoms with E-state index in [-0.39, 0.29) is 12.0 Å². The molecule has 0 aromatic rings. The van der Waals surface area contributed by atoms with Gasteiger partial charge in [0, 0.05) is 18.6 Å². The molecule has 5 heteroatoms. The maximum atomic E-state index is 11.4. The molecule has 1 atom stereocenters. The van der Waals surface area contributed by atoms with Crippen molar-refractivity contribution in [3.8, 4) is 0 Å². The van der Waals surface area contributed by atoms with Crippen molar-refractivity contribution in [1.29, 1.82) is 0 Å². The lowest BCUT2D eigenvalue weighted by Gasteiger charge is -2.44. The fraction of sp³-hybridized carbons (Fsp3) is 0.933. The molecule has 0 radical (unpaired) electrons. The number of nitrogens with zero attached hydrogens (tertiary/aromatic N) is 2. The van der Waals surface area contributed by atoms with Gasteiger partial charge in [-0.2, -0.15) is 0 Å². The first-order chi connectivity index (χ1) is 9.66. The van der Waals surface area contributed by atoms with Crippen molar-refractivity contribution in [2.75, 3.05) is 45.9 Å². The predicted octanol–water partition coefficient (Wildman–Crippen LogP) is 1.43. The third kappa shape index (κ3) is 3.93. The average Bonchev–Trinajstić information content (AvgIpc) is 2.64. The molecule has 2 heterocycles. The van der Waals surface area contributed by atoms with Crippen LogP contribution in [0.15, 0.2) is 0 Å². The lowest BCUT2D eigenvalue weighted by Crippen LogP contribution is -2.55. The van der Waals surface area contributed by atoms with Gasteiger partial charge in [-0.1, -0.05) is 6.92 Å². The van der Waals surface area contributed by atoms with Gasteiger partial charge < -0.3 is 14.7 Å². The van der Waals surface area contributed by atoms with E-state index in [1.165, 1.54) is 6.42 Å². The molecule has 0 aromatic carbocycles. The number of hydrogen-bond acceptors (Lipinski definition) is 4. The highest BCUT2D eigenvalue weighted by atomic mass is 16.5. The van der Waals surface area contributed by atoms with Crippen LogP contribution in [0, 0.1) is 0 Å². The summed E-state index contributed by atoms with van der Waals surface area (Å²) in [5.74, 6) is -0.666. The second-order valence-corrected chi connectivity index (χ2v) is 6.09. The molecule has 2 saturated heterocycles. The van der Waals surface area contributed by atoms with E-state index in [0.717, 1.165) is 65.2 Å².